The molecule has 0 spiro atoms. The van der Waals surface area contributed by atoms with Crippen LogP contribution in [0.25, 0.3) is 0 Å². The van der Waals surface area contributed by atoms with Crippen LogP contribution in [0.4, 0.5) is 0 Å². The number of aromatic nitrogens is 1. The minimum Gasteiger partial charge on any atom is -0.391 e. The lowest BCUT2D eigenvalue weighted by Crippen LogP contribution is -2.29. The normalized spacial score (nSPS) is 19.4. The van der Waals surface area contributed by atoms with Crippen LogP contribution in [0.3, 0.4) is 0 Å². The van der Waals surface area contributed by atoms with Gasteiger partial charge in [0.25, 0.3) is 0 Å². The van der Waals surface area contributed by atoms with Gasteiger partial charge in [-0.2, -0.15) is 11.8 Å². The van der Waals surface area contributed by atoms with Crippen molar-refractivity contribution >= 4 is 29.0 Å². The van der Waals surface area contributed by atoms with Crippen LogP contribution in [0.15, 0.2) is 5.38 Å². The third kappa shape index (κ3) is 3.96. The fourth-order valence-electron chi connectivity index (χ4n) is 1.94. The zero-order valence-corrected chi connectivity index (χ0v) is 12.1. The van der Waals surface area contributed by atoms with Gasteiger partial charge in [0.2, 0.25) is 5.91 Å². The Kier molecular flexibility index (Phi) is 5.03. The first-order chi connectivity index (χ1) is 8.65. The summed E-state index contributed by atoms with van der Waals surface area (Å²) in [6.07, 6.45) is 0.955. The van der Waals surface area contributed by atoms with E-state index < -0.39 is 0 Å². The van der Waals surface area contributed by atoms with Gasteiger partial charge in [-0.15, -0.1) is 11.3 Å². The van der Waals surface area contributed by atoms with E-state index in [-0.39, 0.29) is 12.0 Å². The molecular weight excluding hydrogens is 268 g/mol. The molecule has 0 aromatic carbocycles. The number of β-amino-alcohol motifs (C(OH)–C–C–N with tert-alkyl or cyclic N) is 1. The molecule has 18 heavy (non-hydrogen) atoms. The van der Waals surface area contributed by atoms with Gasteiger partial charge >= 0.3 is 0 Å². The molecule has 0 unspecified atom stereocenters. The van der Waals surface area contributed by atoms with Crippen LogP contribution >= 0.6 is 23.1 Å². The van der Waals surface area contributed by atoms with Gasteiger partial charge in [-0.1, -0.05) is 0 Å². The van der Waals surface area contributed by atoms with Gasteiger partial charge in [-0.05, 0) is 13.3 Å². The van der Waals surface area contributed by atoms with Crippen molar-refractivity contribution in [2.75, 3.05) is 18.8 Å². The van der Waals surface area contributed by atoms with E-state index in [1.54, 1.807) is 28.0 Å². The van der Waals surface area contributed by atoms with Gasteiger partial charge in [0.15, 0.2) is 0 Å². The maximum Gasteiger partial charge on any atom is 0.223 e. The highest BCUT2D eigenvalue weighted by atomic mass is 32.2. The average molecular weight is 286 g/mol. The van der Waals surface area contributed by atoms with E-state index in [4.69, 9.17) is 0 Å². The Bertz CT molecular complexity index is 409. The second kappa shape index (κ2) is 6.54. The number of nitrogens with zero attached hydrogens (tertiary/aromatic N) is 2. The van der Waals surface area contributed by atoms with Crippen LogP contribution < -0.4 is 0 Å². The maximum absolute atomic E-state index is 11.8. The number of aryl methyl sites for hydroxylation is 1. The van der Waals surface area contributed by atoms with Crippen LogP contribution in [0.1, 0.15) is 23.5 Å². The van der Waals surface area contributed by atoms with Crippen LogP contribution in [0.2, 0.25) is 0 Å². The first-order valence-electron chi connectivity index (χ1n) is 6.10. The summed E-state index contributed by atoms with van der Waals surface area (Å²) in [6, 6.07) is 0. The maximum atomic E-state index is 11.8. The van der Waals surface area contributed by atoms with Crippen molar-refractivity contribution in [1.29, 1.82) is 0 Å². The molecule has 0 saturated carbocycles. The van der Waals surface area contributed by atoms with Crippen molar-refractivity contribution < 1.29 is 9.90 Å². The SMILES string of the molecule is Cc1nc(CSCCC(=O)N2CC[C@H](O)C2)cs1. The van der Waals surface area contributed by atoms with E-state index in [0.717, 1.165) is 28.6 Å². The number of aliphatic hydroxyl groups excluding tert-OH is 1. The Morgan fingerprint density at radius 3 is 3.17 bits per heavy atom. The Morgan fingerprint density at radius 2 is 2.56 bits per heavy atom. The van der Waals surface area contributed by atoms with Crippen LogP contribution in [0.5, 0.6) is 0 Å². The highest BCUT2D eigenvalue weighted by molar-refractivity contribution is 7.98. The molecule has 1 amide bonds. The molecule has 1 aliphatic rings. The van der Waals surface area contributed by atoms with Gasteiger partial charge in [0.05, 0.1) is 16.8 Å². The number of carbonyl (C=O) groups excluding carboxylic acids is 1. The Labute approximate surface area is 115 Å². The molecule has 2 rings (SSSR count). The first-order valence-corrected chi connectivity index (χ1v) is 8.13. The second-order valence-electron chi connectivity index (χ2n) is 4.44. The van der Waals surface area contributed by atoms with Gasteiger partial charge in [0.1, 0.15) is 0 Å². The molecule has 1 aromatic rings. The third-order valence-electron chi connectivity index (χ3n) is 2.89. The molecule has 100 valence electrons. The van der Waals surface area contributed by atoms with Gasteiger partial charge in [0, 0.05) is 36.4 Å². The molecule has 1 saturated heterocycles. The summed E-state index contributed by atoms with van der Waals surface area (Å²) in [5.41, 5.74) is 1.10. The molecule has 6 heteroatoms. The van der Waals surface area contributed by atoms with Gasteiger partial charge in [-0.25, -0.2) is 4.98 Å². The highest BCUT2D eigenvalue weighted by Gasteiger charge is 2.23. The van der Waals surface area contributed by atoms with E-state index in [9.17, 15) is 9.90 Å². The second-order valence-corrected chi connectivity index (χ2v) is 6.61. The average Bonchev–Trinajstić information content (AvgIpc) is 2.93. The van der Waals surface area contributed by atoms with E-state index in [0.29, 0.717) is 19.5 Å². The van der Waals surface area contributed by atoms with E-state index in [1.165, 1.54) is 0 Å². The lowest BCUT2D eigenvalue weighted by atomic mass is 10.3. The summed E-state index contributed by atoms with van der Waals surface area (Å²) in [5, 5.41) is 12.5. The largest absolute Gasteiger partial charge is 0.391 e. The fourth-order valence-corrected chi connectivity index (χ4v) is 3.48. The van der Waals surface area contributed by atoms with Crippen molar-refractivity contribution in [2.24, 2.45) is 0 Å². The van der Waals surface area contributed by atoms with Crippen LogP contribution in [-0.2, 0) is 10.5 Å². The summed E-state index contributed by atoms with van der Waals surface area (Å²) in [5.74, 6) is 1.86. The summed E-state index contributed by atoms with van der Waals surface area (Å²) in [6.45, 7) is 3.21. The lowest BCUT2D eigenvalue weighted by molar-refractivity contribution is -0.130. The number of rotatable bonds is 5. The monoisotopic (exact) mass is 286 g/mol. The molecule has 2 heterocycles. The number of aliphatic hydroxyl groups is 1. The van der Waals surface area contributed by atoms with Crippen molar-refractivity contribution in [3.05, 3.63) is 16.1 Å². The van der Waals surface area contributed by atoms with E-state index in [2.05, 4.69) is 10.4 Å². The number of thioether (sulfide) groups is 1. The summed E-state index contributed by atoms with van der Waals surface area (Å²) < 4.78 is 0. The molecule has 1 atom stereocenters. The number of hydrogen-bond acceptors (Lipinski definition) is 5. The third-order valence-corrected chi connectivity index (χ3v) is 4.71. The minimum atomic E-state index is -0.320. The topological polar surface area (TPSA) is 53.4 Å². The van der Waals surface area contributed by atoms with Gasteiger partial charge in [-0.3, -0.25) is 4.79 Å². The number of hydrogen-bond donors (Lipinski definition) is 1. The predicted molar refractivity (Wildman–Crippen MR) is 74.8 cm³/mol. The van der Waals surface area contributed by atoms with Crippen LogP contribution in [0, 0.1) is 6.92 Å². The van der Waals surface area contributed by atoms with Crippen molar-refractivity contribution in [3.8, 4) is 0 Å². The van der Waals surface area contributed by atoms with Crippen LogP contribution in [-0.4, -0.2) is 45.8 Å². The predicted octanol–water partition coefficient (Wildman–Crippen LogP) is 1.67. The van der Waals surface area contributed by atoms with Gasteiger partial charge < -0.3 is 10.0 Å². The van der Waals surface area contributed by atoms with Crippen molar-refractivity contribution in [2.45, 2.75) is 31.6 Å². The zero-order chi connectivity index (χ0) is 13.0. The Morgan fingerprint density at radius 1 is 1.72 bits per heavy atom. The quantitative estimate of drug-likeness (QED) is 0.837. The first kappa shape index (κ1) is 13.8. The molecule has 0 bridgehead atoms. The molecule has 1 aromatic heterocycles. The molecule has 1 aliphatic heterocycles. The summed E-state index contributed by atoms with van der Waals surface area (Å²) >= 11 is 3.40. The molecule has 4 nitrogen and oxygen atoms in total. The van der Waals surface area contributed by atoms with Crippen molar-refractivity contribution in [1.82, 2.24) is 9.88 Å². The Hall–Kier alpha value is -0.590. The zero-order valence-electron chi connectivity index (χ0n) is 10.5. The number of carbonyl (C=O) groups is 1. The number of likely N-dealkylation sites (tertiary alicyclic amines) is 1. The summed E-state index contributed by atoms with van der Waals surface area (Å²) in [7, 11) is 0. The fraction of sp³-hybridized carbons (Fsp3) is 0.667. The smallest absolute Gasteiger partial charge is 0.223 e. The molecule has 1 N–H and O–H groups in total. The molecular formula is C12H18N2O2S2. The number of amides is 1. The standard InChI is InChI=1S/C12H18N2O2S2/c1-9-13-10(8-18-9)7-17-5-3-12(16)14-4-2-11(15)6-14/h8,11,15H,2-7H2,1H3/t11-/m0/s1. The van der Waals surface area contributed by atoms with Crippen molar-refractivity contribution in [3.63, 3.8) is 0 Å². The molecule has 0 aliphatic carbocycles. The molecule has 1 fully saturated rings. The highest BCUT2D eigenvalue weighted by Crippen LogP contribution is 2.17. The minimum absolute atomic E-state index is 0.161. The lowest BCUT2D eigenvalue weighted by Gasteiger charge is -2.14. The summed E-state index contributed by atoms with van der Waals surface area (Å²) in [4.78, 5) is 17.9. The molecule has 0 radical (unpaired) electrons. The van der Waals surface area contributed by atoms with E-state index in [1.807, 2.05) is 6.92 Å². The number of thiazole rings is 1. The van der Waals surface area contributed by atoms with E-state index >= 15 is 0 Å². The Balaban J connectivity index is 1.62.